The molecule has 8 nitrogen and oxygen atoms in total. The van der Waals surface area contributed by atoms with Crippen molar-refractivity contribution in [2.45, 2.75) is 24.7 Å². The molecule has 27 heavy (non-hydrogen) atoms. The van der Waals surface area contributed by atoms with Gasteiger partial charge in [-0.25, -0.2) is 17.8 Å². The Morgan fingerprint density at radius 1 is 1.41 bits per heavy atom. The van der Waals surface area contributed by atoms with Crippen molar-refractivity contribution in [2.75, 3.05) is 33.4 Å². The van der Waals surface area contributed by atoms with Gasteiger partial charge in [0.15, 0.2) is 0 Å². The van der Waals surface area contributed by atoms with Crippen LogP contribution in [0.2, 0.25) is 0 Å². The smallest absolute Gasteiger partial charge is 0.311 e. The van der Waals surface area contributed by atoms with Gasteiger partial charge in [0.05, 0.1) is 25.1 Å². The summed E-state index contributed by atoms with van der Waals surface area (Å²) in [6, 6.07) is 2.79. The van der Waals surface area contributed by atoms with Crippen LogP contribution in [0.3, 0.4) is 0 Å². The first-order chi connectivity index (χ1) is 12.8. The lowest BCUT2D eigenvalue weighted by Crippen LogP contribution is -2.45. The summed E-state index contributed by atoms with van der Waals surface area (Å²) in [5.41, 5.74) is 4.92. The highest BCUT2D eigenvalue weighted by Crippen LogP contribution is 2.34. The number of piperidine rings is 1. The second kappa shape index (κ2) is 8.77. The average molecular weight is 401 g/mol. The van der Waals surface area contributed by atoms with Crippen molar-refractivity contribution in [3.63, 3.8) is 0 Å². The predicted octanol–water partition coefficient (Wildman–Crippen LogP) is 1.24. The number of ether oxygens (including phenoxy) is 2. The Balaban J connectivity index is 2.04. The van der Waals surface area contributed by atoms with E-state index in [1.165, 1.54) is 29.7 Å². The number of carbonyl (C=O) groups excluding carboxylic acids is 1. The minimum Gasteiger partial charge on any atom is -0.473 e. The highest BCUT2D eigenvalue weighted by Gasteiger charge is 2.41. The first-order valence-electron chi connectivity index (χ1n) is 8.42. The Hall–Kier alpha value is -2.04. The number of halogens is 1. The number of methoxy groups -OCH3 is 1. The molecule has 2 rings (SSSR count). The van der Waals surface area contributed by atoms with Gasteiger partial charge in [0, 0.05) is 31.3 Å². The van der Waals surface area contributed by atoms with Gasteiger partial charge in [-0.15, -0.1) is 0 Å². The Bertz CT molecular complexity index is 787. The van der Waals surface area contributed by atoms with Gasteiger partial charge in [0.25, 0.3) is 0 Å². The molecule has 1 aromatic rings. The van der Waals surface area contributed by atoms with Gasteiger partial charge in [0.2, 0.25) is 15.9 Å². The summed E-state index contributed by atoms with van der Waals surface area (Å²) >= 11 is 0. The van der Waals surface area contributed by atoms with Crippen molar-refractivity contribution < 1.29 is 27.1 Å². The van der Waals surface area contributed by atoms with Gasteiger partial charge in [-0.3, -0.25) is 4.79 Å². The van der Waals surface area contributed by atoms with Crippen LogP contribution in [0.4, 0.5) is 4.39 Å². The monoisotopic (exact) mass is 401 g/mol. The number of rotatable bonds is 7. The molecule has 0 unspecified atom stereocenters. The number of sulfonamides is 1. The molecule has 1 saturated heterocycles. The fourth-order valence-electron chi connectivity index (χ4n) is 2.73. The number of hydrogen-bond acceptors (Lipinski definition) is 7. The number of aromatic nitrogens is 1. The van der Waals surface area contributed by atoms with E-state index >= 15 is 0 Å². The molecule has 0 aromatic carbocycles. The number of nitrogens with two attached hydrogens (primary N) is 1. The van der Waals surface area contributed by atoms with E-state index < -0.39 is 15.4 Å². The van der Waals surface area contributed by atoms with E-state index in [-0.39, 0.29) is 48.6 Å². The maximum atomic E-state index is 12.8. The molecule has 0 radical (unpaired) electrons. The standard InChI is InChI=1S/C17H24FN3O5S/c1-17(16(22)25-2)5-7-21(8-6-17)27(23,24)14-3-4-15(20-11-14)26-12-13(9-18)10-19/h3-4,9,11H,5-8,10,12,19H2,1-2H3/b13-9+. The maximum absolute atomic E-state index is 12.8. The van der Waals surface area contributed by atoms with Crippen LogP contribution in [0.25, 0.3) is 0 Å². The molecule has 0 spiro atoms. The zero-order valence-corrected chi connectivity index (χ0v) is 16.2. The van der Waals surface area contributed by atoms with Crippen molar-refractivity contribution in [1.82, 2.24) is 9.29 Å². The molecule has 0 atom stereocenters. The summed E-state index contributed by atoms with van der Waals surface area (Å²) in [6.45, 7) is 2.16. The van der Waals surface area contributed by atoms with Crippen LogP contribution in [0, 0.1) is 5.41 Å². The molecule has 2 heterocycles. The minimum atomic E-state index is -3.73. The van der Waals surface area contributed by atoms with E-state index in [9.17, 15) is 17.6 Å². The summed E-state index contributed by atoms with van der Waals surface area (Å²) < 4.78 is 49.4. The summed E-state index contributed by atoms with van der Waals surface area (Å²) in [7, 11) is -2.40. The summed E-state index contributed by atoms with van der Waals surface area (Å²) in [4.78, 5) is 15.8. The fourth-order valence-corrected chi connectivity index (χ4v) is 4.11. The van der Waals surface area contributed by atoms with Gasteiger partial charge < -0.3 is 15.2 Å². The highest BCUT2D eigenvalue weighted by atomic mass is 32.2. The van der Waals surface area contributed by atoms with E-state index in [0.29, 0.717) is 19.2 Å². The van der Waals surface area contributed by atoms with Crippen molar-refractivity contribution >= 4 is 16.0 Å². The number of pyridine rings is 1. The molecule has 1 fully saturated rings. The Morgan fingerprint density at radius 3 is 2.56 bits per heavy atom. The highest BCUT2D eigenvalue weighted by molar-refractivity contribution is 7.89. The lowest BCUT2D eigenvalue weighted by atomic mass is 9.81. The number of esters is 1. The van der Waals surface area contributed by atoms with Crippen LogP contribution in [0.1, 0.15) is 19.8 Å². The van der Waals surface area contributed by atoms with Crippen LogP contribution in [-0.2, 0) is 19.6 Å². The molecule has 10 heteroatoms. The normalized spacial score (nSPS) is 18.1. The molecule has 0 saturated carbocycles. The van der Waals surface area contributed by atoms with E-state index in [1.54, 1.807) is 6.92 Å². The minimum absolute atomic E-state index is 0.0163. The average Bonchev–Trinajstić information content (AvgIpc) is 2.68. The quantitative estimate of drug-likeness (QED) is 0.684. The topological polar surface area (TPSA) is 112 Å². The molecule has 1 aliphatic rings. The maximum Gasteiger partial charge on any atom is 0.311 e. The van der Waals surface area contributed by atoms with E-state index in [4.69, 9.17) is 15.2 Å². The second-order valence-corrected chi connectivity index (χ2v) is 8.49. The third-order valence-corrected chi connectivity index (χ3v) is 6.56. The Morgan fingerprint density at radius 2 is 2.07 bits per heavy atom. The zero-order valence-electron chi connectivity index (χ0n) is 15.4. The molecule has 1 aliphatic heterocycles. The predicted molar refractivity (Wildman–Crippen MR) is 96.1 cm³/mol. The van der Waals surface area contributed by atoms with E-state index in [2.05, 4.69) is 4.98 Å². The van der Waals surface area contributed by atoms with E-state index in [1.807, 2.05) is 0 Å². The van der Waals surface area contributed by atoms with Crippen molar-refractivity contribution in [3.8, 4) is 5.88 Å². The van der Waals surface area contributed by atoms with E-state index in [0.717, 1.165) is 0 Å². The van der Waals surface area contributed by atoms with Crippen LogP contribution < -0.4 is 10.5 Å². The van der Waals surface area contributed by atoms with Gasteiger partial charge in [-0.2, -0.15) is 4.31 Å². The first-order valence-corrected chi connectivity index (χ1v) is 9.86. The number of nitrogens with zero attached hydrogens (tertiary/aromatic N) is 2. The summed E-state index contributed by atoms with van der Waals surface area (Å²) in [5, 5.41) is 0. The Kier molecular flexibility index (Phi) is 6.90. The second-order valence-electron chi connectivity index (χ2n) is 6.55. The molecule has 1 aromatic heterocycles. The van der Waals surface area contributed by atoms with Crippen LogP contribution in [-0.4, -0.2) is 57.0 Å². The fraction of sp³-hybridized carbons (Fsp3) is 0.529. The summed E-state index contributed by atoms with van der Waals surface area (Å²) in [6.07, 6.45) is 2.33. The third kappa shape index (κ3) is 4.82. The first kappa shape index (κ1) is 21.3. The molecule has 0 aliphatic carbocycles. The van der Waals surface area contributed by atoms with Gasteiger partial charge in [-0.05, 0) is 25.8 Å². The SMILES string of the molecule is COC(=O)C1(C)CCN(S(=O)(=O)c2ccc(OC/C(=C/F)CN)nc2)CC1. The largest absolute Gasteiger partial charge is 0.473 e. The summed E-state index contributed by atoms with van der Waals surface area (Å²) in [5.74, 6) is -0.166. The Labute approximate surface area is 158 Å². The molecule has 2 N–H and O–H groups in total. The van der Waals surface area contributed by atoms with Crippen molar-refractivity contribution in [2.24, 2.45) is 11.1 Å². The van der Waals surface area contributed by atoms with Crippen LogP contribution >= 0.6 is 0 Å². The van der Waals surface area contributed by atoms with Crippen molar-refractivity contribution in [3.05, 3.63) is 30.2 Å². The zero-order chi connectivity index (χ0) is 20.1. The van der Waals surface area contributed by atoms with Crippen LogP contribution in [0.15, 0.2) is 35.1 Å². The van der Waals surface area contributed by atoms with Crippen LogP contribution in [0.5, 0.6) is 5.88 Å². The van der Waals surface area contributed by atoms with Gasteiger partial charge in [0.1, 0.15) is 11.5 Å². The third-order valence-electron chi connectivity index (χ3n) is 4.67. The number of hydrogen-bond donors (Lipinski definition) is 1. The molecule has 0 amide bonds. The van der Waals surface area contributed by atoms with Gasteiger partial charge >= 0.3 is 5.97 Å². The number of carbonyl (C=O) groups is 1. The molecular weight excluding hydrogens is 377 g/mol. The molecule has 0 bridgehead atoms. The van der Waals surface area contributed by atoms with Crippen molar-refractivity contribution in [1.29, 1.82) is 0 Å². The van der Waals surface area contributed by atoms with Gasteiger partial charge in [-0.1, -0.05) is 0 Å². The molecule has 150 valence electrons. The molecular formula is C17H24FN3O5S. The lowest BCUT2D eigenvalue weighted by molar-refractivity contribution is -0.153. The lowest BCUT2D eigenvalue weighted by Gasteiger charge is -2.36.